The van der Waals surface area contributed by atoms with Crippen LogP contribution in [0, 0.1) is 6.92 Å². The molecule has 0 aliphatic heterocycles. The molecule has 0 aliphatic carbocycles. The summed E-state index contributed by atoms with van der Waals surface area (Å²) in [6, 6.07) is 0. The van der Waals surface area contributed by atoms with Crippen molar-refractivity contribution in [2.75, 3.05) is 19.5 Å². The molecule has 0 radical (unpaired) electrons. The average molecular weight is 155 g/mol. The monoisotopic (exact) mass is 155 g/mol. The molecule has 0 fully saturated rings. The van der Waals surface area contributed by atoms with Crippen LogP contribution in [0.15, 0.2) is 6.20 Å². The Bertz CT molecular complexity index is 232. The maximum absolute atomic E-state index is 5.59. The summed E-state index contributed by atoms with van der Waals surface area (Å²) in [6.07, 6.45) is 1.66. The van der Waals surface area contributed by atoms with E-state index in [1.165, 1.54) is 0 Å². The van der Waals surface area contributed by atoms with Gasteiger partial charge in [0.1, 0.15) is 0 Å². The second-order valence-electron chi connectivity index (χ2n) is 2.40. The molecular formula is C7H13N3O. The second-order valence-corrected chi connectivity index (χ2v) is 2.40. The Hall–Kier alpha value is -1.03. The third-order valence-electron chi connectivity index (χ3n) is 1.65. The highest BCUT2D eigenvalue weighted by Gasteiger charge is 2.00. The van der Waals surface area contributed by atoms with E-state index in [-0.39, 0.29) is 0 Å². The van der Waals surface area contributed by atoms with Crippen molar-refractivity contribution in [1.29, 1.82) is 0 Å². The lowest BCUT2D eigenvalue weighted by atomic mass is 10.4. The van der Waals surface area contributed by atoms with Gasteiger partial charge in [0.25, 0.3) is 0 Å². The van der Waals surface area contributed by atoms with E-state index >= 15 is 0 Å². The first kappa shape index (κ1) is 8.07. The summed E-state index contributed by atoms with van der Waals surface area (Å²) in [5, 5.41) is 4.06. The zero-order valence-corrected chi connectivity index (χ0v) is 6.87. The number of hydrogen-bond donors (Lipinski definition) is 1. The molecule has 1 heterocycles. The van der Waals surface area contributed by atoms with Crippen LogP contribution in [0.25, 0.3) is 0 Å². The topological polar surface area (TPSA) is 53.1 Å². The van der Waals surface area contributed by atoms with Crippen LogP contribution >= 0.6 is 0 Å². The quantitative estimate of drug-likeness (QED) is 0.688. The van der Waals surface area contributed by atoms with E-state index in [2.05, 4.69) is 5.10 Å². The fraction of sp³-hybridized carbons (Fsp3) is 0.571. The number of hydrogen-bond acceptors (Lipinski definition) is 3. The van der Waals surface area contributed by atoms with Crippen molar-refractivity contribution >= 4 is 5.69 Å². The normalized spacial score (nSPS) is 10.4. The first-order valence-electron chi connectivity index (χ1n) is 3.52. The summed E-state index contributed by atoms with van der Waals surface area (Å²) in [5.74, 6) is 0. The van der Waals surface area contributed by atoms with Crippen molar-refractivity contribution in [1.82, 2.24) is 9.78 Å². The van der Waals surface area contributed by atoms with E-state index in [1.807, 2.05) is 11.6 Å². The smallest absolute Gasteiger partial charge is 0.0730 e. The van der Waals surface area contributed by atoms with Crippen molar-refractivity contribution in [2.24, 2.45) is 0 Å². The van der Waals surface area contributed by atoms with Crippen LogP contribution in [0.5, 0.6) is 0 Å². The molecule has 1 aromatic heterocycles. The van der Waals surface area contributed by atoms with Crippen LogP contribution in [0.2, 0.25) is 0 Å². The van der Waals surface area contributed by atoms with Gasteiger partial charge in [-0.05, 0) is 6.92 Å². The predicted molar refractivity (Wildman–Crippen MR) is 43.3 cm³/mol. The molecule has 0 saturated carbocycles. The summed E-state index contributed by atoms with van der Waals surface area (Å²) in [7, 11) is 1.67. The van der Waals surface area contributed by atoms with E-state index in [1.54, 1.807) is 13.3 Å². The molecule has 0 bridgehead atoms. The minimum Gasteiger partial charge on any atom is -0.396 e. The Morgan fingerprint density at radius 2 is 2.45 bits per heavy atom. The maximum Gasteiger partial charge on any atom is 0.0730 e. The van der Waals surface area contributed by atoms with Crippen LogP contribution in [0.1, 0.15) is 5.69 Å². The molecule has 1 aromatic rings. The highest BCUT2D eigenvalue weighted by atomic mass is 16.5. The Balaban J connectivity index is 2.63. The van der Waals surface area contributed by atoms with Gasteiger partial charge in [0.05, 0.1) is 30.7 Å². The lowest BCUT2D eigenvalue weighted by molar-refractivity contribution is 0.183. The number of nitrogen functional groups attached to an aromatic ring is 1. The van der Waals surface area contributed by atoms with Gasteiger partial charge >= 0.3 is 0 Å². The third-order valence-corrected chi connectivity index (χ3v) is 1.65. The first-order chi connectivity index (χ1) is 5.25. The molecule has 62 valence electrons. The van der Waals surface area contributed by atoms with Crippen molar-refractivity contribution < 1.29 is 4.74 Å². The van der Waals surface area contributed by atoms with Gasteiger partial charge in [-0.25, -0.2) is 0 Å². The maximum atomic E-state index is 5.59. The number of aromatic nitrogens is 2. The van der Waals surface area contributed by atoms with Gasteiger partial charge in [0.2, 0.25) is 0 Å². The number of nitrogens with two attached hydrogens (primary N) is 1. The van der Waals surface area contributed by atoms with E-state index in [0.717, 1.165) is 17.9 Å². The molecule has 2 N–H and O–H groups in total. The number of nitrogens with zero attached hydrogens (tertiary/aromatic N) is 2. The lowest BCUT2D eigenvalue weighted by Gasteiger charge is -2.02. The molecule has 1 rings (SSSR count). The number of ether oxygens (including phenoxy) is 1. The fourth-order valence-electron chi connectivity index (χ4n) is 0.864. The van der Waals surface area contributed by atoms with Crippen LogP contribution in [-0.2, 0) is 11.3 Å². The molecule has 0 aromatic carbocycles. The third kappa shape index (κ3) is 1.71. The number of methoxy groups -OCH3 is 1. The SMILES string of the molecule is COCCn1ncc(N)c1C. The van der Waals surface area contributed by atoms with Crippen LogP contribution in [0.3, 0.4) is 0 Å². The van der Waals surface area contributed by atoms with Gasteiger partial charge in [-0.15, -0.1) is 0 Å². The molecule has 0 unspecified atom stereocenters. The molecule has 0 aliphatic rings. The van der Waals surface area contributed by atoms with Crippen LogP contribution in [-0.4, -0.2) is 23.5 Å². The Labute approximate surface area is 66.0 Å². The largest absolute Gasteiger partial charge is 0.396 e. The predicted octanol–water partition coefficient (Wildman–Crippen LogP) is 0.420. The fourth-order valence-corrected chi connectivity index (χ4v) is 0.864. The zero-order chi connectivity index (χ0) is 8.27. The van der Waals surface area contributed by atoms with E-state index in [4.69, 9.17) is 10.5 Å². The lowest BCUT2D eigenvalue weighted by Crippen LogP contribution is -2.07. The van der Waals surface area contributed by atoms with Gasteiger partial charge in [0.15, 0.2) is 0 Å². The molecule has 4 heteroatoms. The Morgan fingerprint density at radius 1 is 1.73 bits per heavy atom. The highest BCUT2D eigenvalue weighted by molar-refractivity contribution is 5.39. The summed E-state index contributed by atoms with van der Waals surface area (Å²) in [4.78, 5) is 0. The van der Waals surface area contributed by atoms with Crippen molar-refractivity contribution in [3.63, 3.8) is 0 Å². The molecule has 4 nitrogen and oxygen atoms in total. The molecule has 0 saturated heterocycles. The van der Waals surface area contributed by atoms with Crippen molar-refractivity contribution in [2.45, 2.75) is 13.5 Å². The highest BCUT2D eigenvalue weighted by Crippen LogP contribution is 2.07. The summed E-state index contributed by atoms with van der Waals surface area (Å²) in [6.45, 7) is 3.37. The van der Waals surface area contributed by atoms with Crippen LogP contribution in [0.4, 0.5) is 5.69 Å². The van der Waals surface area contributed by atoms with Crippen molar-refractivity contribution in [3.8, 4) is 0 Å². The minimum absolute atomic E-state index is 0.669. The van der Waals surface area contributed by atoms with E-state index < -0.39 is 0 Å². The molecule has 0 atom stereocenters. The Morgan fingerprint density at radius 3 is 2.91 bits per heavy atom. The van der Waals surface area contributed by atoms with Gasteiger partial charge in [-0.1, -0.05) is 0 Å². The number of anilines is 1. The standard InChI is InChI=1S/C7H13N3O/c1-6-7(8)5-9-10(6)3-4-11-2/h5H,3-4,8H2,1-2H3. The Kier molecular flexibility index (Phi) is 2.48. The summed E-state index contributed by atoms with van der Waals surface area (Å²) in [5.41, 5.74) is 7.33. The minimum atomic E-state index is 0.669. The van der Waals surface area contributed by atoms with Gasteiger partial charge in [-0.2, -0.15) is 5.10 Å². The second kappa shape index (κ2) is 3.39. The van der Waals surface area contributed by atoms with Crippen LogP contribution < -0.4 is 5.73 Å². The van der Waals surface area contributed by atoms with E-state index in [9.17, 15) is 0 Å². The van der Waals surface area contributed by atoms with Gasteiger partial charge < -0.3 is 10.5 Å². The van der Waals surface area contributed by atoms with E-state index in [0.29, 0.717) is 6.61 Å². The summed E-state index contributed by atoms with van der Waals surface area (Å²) >= 11 is 0. The zero-order valence-electron chi connectivity index (χ0n) is 6.87. The molecule has 0 spiro atoms. The molecule has 11 heavy (non-hydrogen) atoms. The summed E-state index contributed by atoms with van der Waals surface area (Å²) < 4.78 is 6.74. The number of rotatable bonds is 3. The van der Waals surface area contributed by atoms with Crippen molar-refractivity contribution in [3.05, 3.63) is 11.9 Å². The molecule has 0 amide bonds. The average Bonchev–Trinajstić information content (AvgIpc) is 2.31. The first-order valence-corrected chi connectivity index (χ1v) is 3.52. The van der Waals surface area contributed by atoms with Gasteiger partial charge in [-0.3, -0.25) is 4.68 Å². The molecular weight excluding hydrogens is 142 g/mol. The van der Waals surface area contributed by atoms with Gasteiger partial charge in [0, 0.05) is 7.11 Å².